The molecule has 0 aliphatic heterocycles. The molecule has 4 rings (SSSR count). The molecule has 1 heterocycles. The Morgan fingerprint density at radius 2 is 1.90 bits per heavy atom. The van der Waals surface area contributed by atoms with Crippen molar-refractivity contribution in [2.45, 2.75) is 0 Å². The highest BCUT2D eigenvalue weighted by Gasteiger charge is 2.11. The highest BCUT2D eigenvalue weighted by molar-refractivity contribution is 7.92. The first-order valence-corrected chi connectivity index (χ1v) is 10.7. The average Bonchev–Trinajstić information content (AvgIpc) is 3.06. The smallest absolute Gasteiger partial charge is 0.229 e. The quantitative estimate of drug-likeness (QED) is 0.496. The normalized spacial score (nSPS) is 11.7. The van der Waals surface area contributed by atoms with Crippen LogP contribution < -0.4 is 4.72 Å². The molecule has 0 fully saturated rings. The predicted octanol–water partition coefficient (Wildman–Crippen LogP) is 4.56. The number of benzene rings is 3. The van der Waals surface area contributed by atoms with Gasteiger partial charge >= 0.3 is 0 Å². The minimum absolute atomic E-state index is 0.381. The zero-order valence-electron chi connectivity index (χ0n) is 15.1. The minimum atomic E-state index is -3.39. The lowest BCUT2D eigenvalue weighted by atomic mass is 10.0. The number of sulfonamides is 1. The van der Waals surface area contributed by atoms with Gasteiger partial charge in [0.2, 0.25) is 10.0 Å². The molecular formula is C20H15ClFN3O3S. The molecule has 1 aromatic heterocycles. The van der Waals surface area contributed by atoms with Crippen molar-refractivity contribution < 1.29 is 17.9 Å². The van der Waals surface area contributed by atoms with Gasteiger partial charge in [-0.25, -0.2) is 17.5 Å². The molecule has 3 aromatic carbocycles. The van der Waals surface area contributed by atoms with Crippen LogP contribution in [-0.2, 0) is 10.0 Å². The zero-order valence-corrected chi connectivity index (χ0v) is 16.7. The summed E-state index contributed by atoms with van der Waals surface area (Å²) in [6.45, 7) is 0. The zero-order chi connectivity index (χ0) is 20.8. The second-order valence-electron chi connectivity index (χ2n) is 6.53. The SMILES string of the molecule is CS(=O)(=O)Nc1ccc(-c2ccc3c(cnn3-c3ccc(F)c(O)c3)c2)c(Cl)c1. The minimum Gasteiger partial charge on any atom is -0.505 e. The summed E-state index contributed by atoms with van der Waals surface area (Å²) >= 11 is 6.36. The topological polar surface area (TPSA) is 84.2 Å². The van der Waals surface area contributed by atoms with Crippen molar-refractivity contribution in [3.8, 4) is 22.6 Å². The van der Waals surface area contributed by atoms with Gasteiger partial charge < -0.3 is 5.11 Å². The Bertz CT molecular complexity index is 1350. The molecule has 148 valence electrons. The van der Waals surface area contributed by atoms with Crippen LogP contribution in [0.4, 0.5) is 10.1 Å². The summed E-state index contributed by atoms with van der Waals surface area (Å²) in [5.41, 5.74) is 3.24. The third kappa shape index (κ3) is 3.90. The van der Waals surface area contributed by atoms with Crippen molar-refractivity contribution in [1.29, 1.82) is 0 Å². The largest absolute Gasteiger partial charge is 0.505 e. The lowest BCUT2D eigenvalue weighted by molar-refractivity contribution is 0.432. The summed E-state index contributed by atoms with van der Waals surface area (Å²) in [5, 5.41) is 15.2. The Labute approximate surface area is 171 Å². The van der Waals surface area contributed by atoms with Gasteiger partial charge in [-0.2, -0.15) is 5.10 Å². The van der Waals surface area contributed by atoms with Crippen molar-refractivity contribution in [2.75, 3.05) is 11.0 Å². The van der Waals surface area contributed by atoms with Crippen LogP contribution in [0.15, 0.2) is 60.8 Å². The molecule has 0 amide bonds. The molecule has 2 N–H and O–H groups in total. The van der Waals surface area contributed by atoms with Crippen LogP contribution in [-0.4, -0.2) is 29.6 Å². The van der Waals surface area contributed by atoms with E-state index in [4.69, 9.17) is 11.6 Å². The number of phenols is 1. The van der Waals surface area contributed by atoms with Gasteiger partial charge in [0, 0.05) is 22.7 Å². The van der Waals surface area contributed by atoms with Gasteiger partial charge in [-0.05, 0) is 42.0 Å². The maximum absolute atomic E-state index is 13.3. The number of phenolic OH excluding ortho intramolecular Hbond substituents is 1. The van der Waals surface area contributed by atoms with Crippen LogP contribution in [0.25, 0.3) is 27.7 Å². The van der Waals surface area contributed by atoms with E-state index in [1.807, 2.05) is 18.2 Å². The maximum Gasteiger partial charge on any atom is 0.229 e. The molecule has 0 aliphatic rings. The van der Waals surface area contributed by atoms with Crippen LogP contribution in [0.3, 0.4) is 0 Å². The van der Waals surface area contributed by atoms with Gasteiger partial charge in [-0.1, -0.05) is 23.7 Å². The predicted molar refractivity (Wildman–Crippen MR) is 112 cm³/mol. The fourth-order valence-corrected chi connectivity index (χ4v) is 3.91. The maximum atomic E-state index is 13.3. The first kappa shape index (κ1) is 19.2. The van der Waals surface area contributed by atoms with Crippen molar-refractivity contribution in [3.63, 3.8) is 0 Å². The fraction of sp³-hybridized carbons (Fsp3) is 0.0500. The van der Waals surface area contributed by atoms with Gasteiger partial charge in [0.1, 0.15) is 0 Å². The number of fused-ring (bicyclic) bond motifs is 1. The third-order valence-electron chi connectivity index (χ3n) is 4.33. The fourth-order valence-electron chi connectivity index (χ4n) is 3.07. The van der Waals surface area contributed by atoms with E-state index < -0.39 is 21.6 Å². The number of anilines is 1. The Morgan fingerprint density at radius 1 is 1.10 bits per heavy atom. The number of hydrogen-bond donors (Lipinski definition) is 2. The number of rotatable bonds is 4. The molecule has 29 heavy (non-hydrogen) atoms. The molecule has 0 unspecified atom stereocenters. The number of nitrogens with zero attached hydrogens (tertiary/aromatic N) is 2. The van der Waals surface area contributed by atoms with Crippen LogP contribution in [0.5, 0.6) is 5.75 Å². The first-order valence-electron chi connectivity index (χ1n) is 8.46. The average molecular weight is 432 g/mol. The highest BCUT2D eigenvalue weighted by atomic mass is 35.5. The van der Waals surface area contributed by atoms with Crippen LogP contribution >= 0.6 is 11.6 Å². The van der Waals surface area contributed by atoms with Gasteiger partial charge in [-0.15, -0.1) is 0 Å². The van der Waals surface area contributed by atoms with Gasteiger partial charge in [0.25, 0.3) is 0 Å². The monoisotopic (exact) mass is 431 g/mol. The van der Waals surface area contributed by atoms with Gasteiger partial charge in [0.15, 0.2) is 11.6 Å². The van der Waals surface area contributed by atoms with E-state index in [-0.39, 0.29) is 0 Å². The van der Waals surface area contributed by atoms with Crippen LogP contribution in [0.1, 0.15) is 0 Å². The first-order chi connectivity index (χ1) is 13.7. The van der Waals surface area contributed by atoms with Crippen molar-refractivity contribution in [1.82, 2.24) is 9.78 Å². The van der Waals surface area contributed by atoms with E-state index >= 15 is 0 Å². The number of hydrogen-bond acceptors (Lipinski definition) is 4. The Balaban J connectivity index is 1.73. The molecule has 0 bridgehead atoms. The van der Waals surface area contributed by atoms with Gasteiger partial charge in [0.05, 0.1) is 28.7 Å². The molecule has 0 radical (unpaired) electrons. The molecule has 9 heteroatoms. The summed E-state index contributed by atoms with van der Waals surface area (Å²) in [5.74, 6) is -1.15. The van der Waals surface area contributed by atoms with E-state index in [0.717, 1.165) is 28.3 Å². The Morgan fingerprint density at radius 3 is 2.59 bits per heavy atom. The number of aromatic nitrogens is 2. The third-order valence-corrected chi connectivity index (χ3v) is 5.24. The Hall–Kier alpha value is -3.10. The number of aromatic hydroxyl groups is 1. The summed E-state index contributed by atoms with van der Waals surface area (Å²) < 4.78 is 40.1. The summed E-state index contributed by atoms with van der Waals surface area (Å²) in [6.07, 6.45) is 2.73. The van der Waals surface area contributed by atoms with Crippen molar-refractivity contribution in [3.05, 3.63) is 71.6 Å². The van der Waals surface area contributed by atoms with E-state index in [1.165, 1.54) is 18.2 Å². The second-order valence-corrected chi connectivity index (χ2v) is 8.69. The molecule has 0 aliphatic carbocycles. The van der Waals surface area contributed by atoms with Gasteiger partial charge in [-0.3, -0.25) is 4.72 Å². The molecular weight excluding hydrogens is 417 g/mol. The molecule has 4 aromatic rings. The second kappa shape index (κ2) is 7.06. The lowest BCUT2D eigenvalue weighted by Gasteiger charge is -2.09. The van der Waals surface area contributed by atoms with E-state index in [1.54, 1.807) is 29.1 Å². The lowest BCUT2D eigenvalue weighted by Crippen LogP contribution is -2.09. The summed E-state index contributed by atoms with van der Waals surface area (Å²) in [6, 6.07) is 14.5. The van der Waals surface area contributed by atoms with Crippen LogP contribution in [0.2, 0.25) is 5.02 Å². The molecule has 0 spiro atoms. The molecule has 0 saturated carbocycles. The Kier molecular flexibility index (Phi) is 4.68. The van der Waals surface area contributed by atoms with E-state index in [9.17, 15) is 17.9 Å². The van der Waals surface area contributed by atoms with E-state index in [0.29, 0.717) is 16.4 Å². The highest BCUT2D eigenvalue weighted by Crippen LogP contribution is 2.33. The summed E-state index contributed by atoms with van der Waals surface area (Å²) in [4.78, 5) is 0. The number of nitrogens with one attached hydrogen (secondary N) is 1. The molecule has 0 saturated heterocycles. The molecule has 6 nitrogen and oxygen atoms in total. The number of halogens is 2. The van der Waals surface area contributed by atoms with Crippen LogP contribution in [0, 0.1) is 5.82 Å². The van der Waals surface area contributed by atoms with Crippen molar-refractivity contribution >= 4 is 38.2 Å². The standard InChI is InChI=1S/C20H15ClFN3O3S/c1-29(27,28)24-14-3-5-16(17(21)9-14)12-2-7-19-13(8-12)11-23-25(19)15-4-6-18(22)20(26)10-15/h2-11,24,26H,1H3. The van der Waals surface area contributed by atoms with Crippen molar-refractivity contribution in [2.24, 2.45) is 0 Å². The molecule has 0 atom stereocenters. The van der Waals surface area contributed by atoms with E-state index in [2.05, 4.69) is 9.82 Å². The summed E-state index contributed by atoms with van der Waals surface area (Å²) in [7, 11) is -3.39.